The average molecular weight is 375 g/mol. The number of sulfonamides is 1. The molecule has 1 amide bonds. The number of amides is 1. The number of hydrogen-bond donors (Lipinski definition) is 2. The molecule has 0 aliphatic rings. The van der Waals surface area contributed by atoms with E-state index in [-0.39, 0.29) is 16.8 Å². The molecule has 0 aliphatic heterocycles. The van der Waals surface area contributed by atoms with Crippen molar-refractivity contribution in [2.24, 2.45) is 5.14 Å². The monoisotopic (exact) mass is 375 g/mol. The van der Waals surface area contributed by atoms with Crippen molar-refractivity contribution in [3.63, 3.8) is 0 Å². The lowest BCUT2D eigenvalue weighted by Crippen LogP contribution is -2.37. The number of aryl methyl sites for hydroxylation is 1. The fraction of sp³-hybridized carbons (Fsp3) is 0.316. The number of carbonyl (C=O) groups is 1. The van der Waals surface area contributed by atoms with E-state index < -0.39 is 10.0 Å². The van der Waals surface area contributed by atoms with E-state index in [1.165, 1.54) is 12.1 Å². The van der Waals surface area contributed by atoms with E-state index in [1.807, 2.05) is 49.3 Å². The Labute approximate surface area is 155 Å². The first kappa shape index (κ1) is 20.1. The van der Waals surface area contributed by atoms with Crippen LogP contribution in [0.1, 0.15) is 23.6 Å². The number of carbonyl (C=O) groups excluding carboxylic acids is 1. The van der Waals surface area contributed by atoms with Gasteiger partial charge in [-0.1, -0.05) is 42.5 Å². The molecule has 2 aromatic rings. The van der Waals surface area contributed by atoms with Crippen molar-refractivity contribution >= 4 is 15.9 Å². The zero-order valence-corrected chi connectivity index (χ0v) is 15.9. The van der Waals surface area contributed by atoms with E-state index in [1.54, 1.807) is 12.1 Å². The molecule has 0 bridgehead atoms. The van der Waals surface area contributed by atoms with Crippen LogP contribution in [0, 0.1) is 0 Å². The van der Waals surface area contributed by atoms with Crippen LogP contribution < -0.4 is 10.5 Å². The SMILES string of the molecule is CN(C)C(C(=O)NCCCc1ccc(S(N)(=O)=O)cc1)c1ccccc1. The Morgan fingerprint density at radius 1 is 1.08 bits per heavy atom. The van der Waals surface area contributed by atoms with Crippen molar-refractivity contribution < 1.29 is 13.2 Å². The molecule has 6 nitrogen and oxygen atoms in total. The molecule has 0 fully saturated rings. The molecular formula is C19H25N3O3S. The summed E-state index contributed by atoms with van der Waals surface area (Å²) in [5.74, 6) is -0.0363. The second kappa shape index (κ2) is 8.93. The van der Waals surface area contributed by atoms with Gasteiger partial charge < -0.3 is 5.32 Å². The molecule has 1 unspecified atom stereocenters. The van der Waals surface area contributed by atoms with Crippen LogP contribution in [-0.4, -0.2) is 39.9 Å². The number of primary sulfonamides is 1. The van der Waals surface area contributed by atoms with E-state index in [2.05, 4.69) is 5.32 Å². The highest BCUT2D eigenvalue weighted by molar-refractivity contribution is 7.89. The smallest absolute Gasteiger partial charge is 0.241 e. The average Bonchev–Trinajstić information content (AvgIpc) is 2.59. The highest BCUT2D eigenvalue weighted by Crippen LogP contribution is 2.18. The lowest BCUT2D eigenvalue weighted by Gasteiger charge is -2.23. The summed E-state index contributed by atoms with van der Waals surface area (Å²) >= 11 is 0. The zero-order valence-electron chi connectivity index (χ0n) is 15.1. The molecule has 2 rings (SSSR count). The van der Waals surface area contributed by atoms with Crippen molar-refractivity contribution in [2.75, 3.05) is 20.6 Å². The fourth-order valence-corrected chi connectivity index (χ4v) is 3.28. The van der Waals surface area contributed by atoms with Crippen LogP contribution in [0.25, 0.3) is 0 Å². The third-order valence-corrected chi connectivity index (χ3v) is 5.00. The summed E-state index contributed by atoms with van der Waals surface area (Å²) in [6.45, 7) is 0.549. The van der Waals surface area contributed by atoms with Crippen molar-refractivity contribution in [3.05, 3.63) is 65.7 Å². The molecule has 7 heteroatoms. The van der Waals surface area contributed by atoms with Crippen molar-refractivity contribution in [1.29, 1.82) is 0 Å². The summed E-state index contributed by atoms with van der Waals surface area (Å²) in [4.78, 5) is 14.5. The summed E-state index contributed by atoms with van der Waals surface area (Å²) in [5.41, 5.74) is 1.95. The van der Waals surface area contributed by atoms with E-state index in [4.69, 9.17) is 5.14 Å². The molecule has 0 radical (unpaired) electrons. The fourth-order valence-electron chi connectivity index (χ4n) is 2.77. The first-order valence-electron chi connectivity index (χ1n) is 8.40. The Hall–Kier alpha value is -2.22. The van der Waals surface area contributed by atoms with Gasteiger partial charge in [-0.2, -0.15) is 0 Å². The standard InChI is InChI=1S/C19H25N3O3S/c1-22(2)18(16-8-4-3-5-9-16)19(23)21-14-6-7-15-10-12-17(13-11-15)26(20,24)25/h3-5,8-13,18H,6-7,14H2,1-2H3,(H,21,23)(H2,20,24,25). The van der Waals surface area contributed by atoms with Gasteiger partial charge >= 0.3 is 0 Å². The van der Waals surface area contributed by atoms with E-state index in [0.717, 1.165) is 24.0 Å². The Morgan fingerprint density at radius 2 is 1.69 bits per heavy atom. The molecule has 0 heterocycles. The second-order valence-corrected chi connectivity index (χ2v) is 7.92. The third kappa shape index (κ3) is 5.66. The summed E-state index contributed by atoms with van der Waals surface area (Å²) < 4.78 is 22.5. The molecule has 0 aliphatic carbocycles. The number of hydrogen-bond acceptors (Lipinski definition) is 4. The Bertz CT molecular complexity index is 819. The summed E-state index contributed by atoms with van der Waals surface area (Å²) in [5, 5.41) is 8.06. The third-order valence-electron chi connectivity index (χ3n) is 4.07. The Kier molecular flexibility index (Phi) is 6.90. The van der Waals surface area contributed by atoms with Gasteiger partial charge in [-0.25, -0.2) is 13.6 Å². The van der Waals surface area contributed by atoms with E-state index >= 15 is 0 Å². The minimum absolute atomic E-state index is 0.0363. The largest absolute Gasteiger partial charge is 0.354 e. The normalized spacial score (nSPS) is 12.8. The highest BCUT2D eigenvalue weighted by Gasteiger charge is 2.21. The summed E-state index contributed by atoms with van der Waals surface area (Å²) in [6, 6.07) is 15.8. The number of nitrogens with two attached hydrogens (primary N) is 1. The van der Waals surface area contributed by atoms with Gasteiger partial charge in [0.15, 0.2) is 0 Å². The minimum atomic E-state index is -3.66. The van der Waals surface area contributed by atoms with Crippen LogP contribution in [0.3, 0.4) is 0 Å². The van der Waals surface area contributed by atoms with Crippen LogP contribution in [0.5, 0.6) is 0 Å². The number of nitrogens with zero attached hydrogens (tertiary/aromatic N) is 1. The van der Waals surface area contributed by atoms with Crippen LogP contribution in [0.15, 0.2) is 59.5 Å². The van der Waals surface area contributed by atoms with E-state index in [9.17, 15) is 13.2 Å². The Balaban J connectivity index is 1.86. The second-order valence-electron chi connectivity index (χ2n) is 6.36. The zero-order chi connectivity index (χ0) is 19.2. The molecule has 0 saturated carbocycles. The maximum atomic E-state index is 12.5. The maximum Gasteiger partial charge on any atom is 0.241 e. The van der Waals surface area contributed by atoms with Crippen LogP contribution in [0.2, 0.25) is 0 Å². The minimum Gasteiger partial charge on any atom is -0.354 e. The number of likely N-dealkylation sites (N-methyl/N-ethyl adjacent to an activating group) is 1. The molecular weight excluding hydrogens is 350 g/mol. The molecule has 0 saturated heterocycles. The van der Waals surface area contributed by atoms with Crippen molar-refractivity contribution in [1.82, 2.24) is 10.2 Å². The lowest BCUT2D eigenvalue weighted by atomic mass is 10.1. The molecule has 0 aromatic heterocycles. The number of benzene rings is 2. The maximum absolute atomic E-state index is 12.5. The molecule has 26 heavy (non-hydrogen) atoms. The van der Waals surface area contributed by atoms with Crippen LogP contribution >= 0.6 is 0 Å². The molecule has 1 atom stereocenters. The first-order chi connectivity index (χ1) is 12.3. The van der Waals surface area contributed by atoms with Gasteiger partial charge in [-0.05, 0) is 50.2 Å². The molecule has 3 N–H and O–H groups in total. The number of nitrogens with one attached hydrogen (secondary N) is 1. The predicted molar refractivity (Wildman–Crippen MR) is 102 cm³/mol. The predicted octanol–water partition coefficient (Wildman–Crippen LogP) is 1.69. The Morgan fingerprint density at radius 3 is 2.23 bits per heavy atom. The topological polar surface area (TPSA) is 92.5 Å². The van der Waals surface area contributed by atoms with Crippen molar-refractivity contribution in [2.45, 2.75) is 23.8 Å². The molecule has 0 spiro atoms. The summed E-state index contributed by atoms with van der Waals surface area (Å²) in [7, 11) is 0.0968. The van der Waals surface area contributed by atoms with Gasteiger partial charge in [0, 0.05) is 6.54 Å². The van der Waals surface area contributed by atoms with Crippen molar-refractivity contribution in [3.8, 4) is 0 Å². The van der Waals surface area contributed by atoms with Gasteiger partial charge in [0.05, 0.1) is 4.90 Å². The first-order valence-corrected chi connectivity index (χ1v) is 9.94. The molecule has 2 aromatic carbocycles. The van der Waals surface area contributed by atoms with Gasteiger partial charge in [-0.15, -0.1) is 0 Å². The van der Waals surface area contributed by atoms with Gasteiger partial charge in [-0.3, -0.25) is 9.69 Å². The van der Waals surface area contributed by atoms with E-state index in [0.29, 0.717) is 6.54 Å². The van der Waals surface area contributed by atoms with Gasteiger partial charge in [0.1, 0.15) is 6.04 Å². The highest BCUT2D eigenvalue weighted by atomic mass is 32.2. The summed E-state index contributed by atoms with van der Waals surface area (Å²) in [6.07, 6.45) is 1.50. The quantitative estimate of drug-likeness (QED) is 0.687. The van der Waals surface area contributed by atoms with Gasteiger partial charge in [0.2, 0.25) is 15.9 Å². The number of rotatable bonds is 8. The molecule has 140 valence electrons. The van der Waals surface area contributed by atoms with Crippen LogP contribution in [-0.2, 0) is 21.2 Å². The van der Waals surface area contributed by atoms with Gasteiger partial charge in [0.25, 0.3) is 0 Å². The van der Waals surface area contributed by atoms with Crippen LogP contribution in [0.4, 0.5) is 0 Å². The lowest BCUT2D eigenvalue weighted by molar-refractivity contribution is -0.125.